The Morgan fingerprint density at radius 3 is 2.88 bits per heavy atom. The molecule has 0 spiro atoms. The fourth-order valence-corrected chi connectivity index (χ4v) is 3.28. The summed E-state index contributed by atoms with van der Waals surface area (Å²) in [6, 6.07) is 8.85. The summed E-state index contributed by atoms with van der Waals surface area (Å²) in [6.07, 6.45) is 2.38. The number of hydrogen-bond donors (Lipinski definition) is 1. The van der Waals surface area contributed by atoms with Crippen molar-refractivity contribution >= 4 is 6.01 Å². The van der Waals surface area contributed by atoms with Crippen LogP contribution in [0.15, 0.2) is 28.7 Å². The molecule has 0 amide bonds. The van der Waals surface area contributed by atoms with E-state index in [1.54, 1.807) is 0 Å². The lowest BCUT2D eigenvalue weighted by atomic mass is 9.92. The Balaban J connectivity index is 1.73. The Kier molecular flexibility index (Phi) is 1.68. The number of nitrogens with zero attached hydrogens (tertiary/aromatic N) is 2. The lowest BCUT2D eigenvalue weighted by Gasteiger charge is -2.13. The second-order valence-electron chi connectivity index (χ2n) is 4.93. The van der Waals surface area contributed by atoms with Crippen molar-refractivity contribution in [3.05, 3.63) is 41.3 Å². The number of rotatable bonds is 1. The van der Waals surface area contributed by atoms with Crippen molar-refractivity contribution in [1.82, 2.24) is 10.2 Å². The first-order chi connectivity index (χ1) is 8.34. The highest BCUT2D eigenvalue weighted by atomic mass is 16.4. The van der Waals surface area contributed by atoms with Crippen molar-refractivity contribution in [2.75, 3.05) is 5.73 Å². The molecule has 3 unspecified atom stereocenters. The fourth-order valence-electron chi connectivity index (χ4n) is 3.28. The largest absolute Gasteiger partial charge is 0.408 e. The van der Waals surface area contributed by atoms with Crippen LogP contribution in [0.2, 0.25) is 0 Å². The highest BCUT2D eigenvalue weighted by Crippen LogP contribution is 2.64. The summed E-state index contributed by atoms with van der Waals surface area (Å²) in [6.45, 7) is 0. The average molecular weight is 227 g/mol. The first-order valence-corrected chi connectivity index (χ1v) is 6.01. The van der Waals surface area contributed by atoms with Gasteiger partial charge in [0.05, 0.1) is 0 Å². The molecule has 1 saturated carbocycles. The van der Waals surface area contributed by atoms with Gasteiger partial charge >= 0.3 is 6.01 Å². The summed E-state index contributed by atoms with van der Waals surface area (Å²) in [5.41, 5.74) is 8.43. The predicted octanol–water partition coefficient (Wildman–Crippen LogP) is 2.10. The second-order valence-corrected chi connectivity index (χ2v) is 4.93. The summed E-state index contributed by atoms with van der Waals surface area (Å²) in [5.74, 6) is 2.35. The minimum atomic E-state index is 0.178. The molecular formula is C13H13N3O. The van der Waals surface area contributed by atoms with Gasteiger partial charge in [0.2, 0.25) is 5.89 Å². The van der Waals surface area contributed by atoms with E-state index in [1.807, 2.05) is 0 Å². The van der Waals surface area contributed by atoms with Crippen LogP contribution in [0.4, 0.5) is 6.01 Å². The van der Waals surface area contributed by atoms with Gasteiger partial charge in [-0.1, -0.05) is 29.4 Å². The van der Waals surface area contributed by atoms with Crippen molar-refractivity contribution in [1.29, 1.82) is 0 Å². The van der Waals surface area contributed by atoms with E-state index in [1.165, 1.54) is 17.5 Å². The van der Waals surface area contributed by atoms with E-state index in [0.717, 1.165) is 6.42 Å². The maximum atomic E-state index is 5.49. The maximum Gasteiger partial charge on any atom is 0.312 e. The Morgan fingerprint density at radius 1 is 1.18 bits per heavy atom. The van der Waals surface area contributed by atoms with Gasteiger partial charge in [-0.3, -0.25) is 0 Å². The van der Waals surface area contributed by atoms with Crippen molar-refractivity contribution in [3.8, 4) is 0 Å². The first kappa shape index (κ1) is 9.22. The molecule has 0 bridgehead atoms. The molecule has 2 aliphatic rings. The van der Waals surface area contributed by atoms with Crippen molar-refractivity contribution < 1.29 is 4.42 Å². The van der Waals surface area contributed by atoms with Crippen LogP contribution >= 0.6 is 0 Å². The quantitative estimate of drug-likeness (QED) is 0.810. The van der Waals surface area contributed by atoms with E-state index < -0.39 is 0 Å². The molecule has 4 nitrogen and oxygen atoms in total. The van der Waals surface area contributed by atoms with Gasteiger partial charge in [-0.15, -0.1) is 5.10 Å². The van der Waals surface area contributed by atoms with E-state index in [0.29, 0.717) is 23.6 Å². The Bertz CT molecular complexity index is 578. The zero-order chi connectivity index (χ0) is 11.4. The maximum absolute atomic E-state index is 5.49. The summed E-state index contributed by atoms with van der Waals surface area (Å²) >= 11 is 0. The van der Waals surface area contributed by atoms with E-state index >= 15 is 0 Å². The van der Waals surface area contributed by atoms with Crippen LogP contribution in [0.1, 0.15) is 35.3 Å². The number of aromatic nitrogens is 2. The lowest BCUT2D eigenvalue weighted by molar-refractivity contribution is 0.499. The molecule has 86 valence electrons. The molecule has 1 fully saturated rings. The predicted molar refractivity (Wildman–Crippen MR) is 62.4 cm³/mol. The van der Waals surface area contributed by atoms with Gasteiger partial charge in [-0.25, -0.2) is 0 Å². The van der Waals surface area contributed by atoms with Crippen molar-refractivity contribution in [2.45, 2.75) is 24.7 Å². The zero-order valence-electron chi connectivity index (χ0n) is 9.34. The van der Waals surface area contributed by atoms with Crippen LogP contribution in [0, 0.1) is 5.92 Å². The topological polar surface area (TPSA) is 64.9 Å². The van der Waals surface area contributed by atoms with Crippen molar-refractivity contribution in [3.63, 3.8) is 0 Å². The minimum Gasteiger partial charge on any atom is -0.408 e. The molecule has 2 N–H and O–H groups in total. The second kappa shape index (κ2) is 3.09. The van der Waals surface area contributed by atoms with Crippen LogP contribution < -0.4 is 5.73 Å². The molecule has 3 atom stereocenters. The standard InChI is InChI=1S/C13H13N3O/c14-13-16-15-12(17-13)11-9-6-5-7-3-1-2-4-8(7)10(9)11/h1-4,9-11H,5-6H2,(H2,14,16). The van der Waals surface area contributed by atoms with Crippen LogP contribution in [0.5, 0.6) is 0 Å². The lowest BCUT2D eigenvalue weighted by Crippen LogP contribution is -2.00. The highest BCUT2D eigenvalue weighted by molar-refractivity contribution is 5.42. The molecule has 0 saturated heterocycles. The molecule has 4 heteroatoms. The summed E-state index contributed by atoms with van der Waals surface area (Å²) in [7, 11) is 0. The monoisotopic (exact) mass is 227 g/mol. The third-order valence-electron chi connectivity index (χ3n) is 4.07. The highest BCUT2D eigenvalue weighted by Gasteiger charge is 2.56. The van der Waals surface area contributed by atoms with E-state index in [-0.39, 0.29) is 6.01 Å². The van der Waals surface area contributed by atoms with Crippen LogP contribution in [0.25, 0.3) is 0 Å². The van der Waals surface area contributed by atoms with Gasteiger partial charge in [0.1, 0.15) is 0 Å². The van der Waals surface area contributed by atoms with Gasteiger partial charge in [0.25, 0.3) is 0 Å². The van der Waals surface area contributed by atoms with Crippen LogP contribution in [-0.2, 0) is 6.42 Å². The molecule has 2 aromatic rings. The molecule has 4 rings (SSSR count). The van der Waals surface area contributed by atoms with E-state index in [4.69, 9.17) is 10.2 Å². The average Bonchev–Trinajstić information content (AvgIpc) is 2.96. The van der Waals surface area contributed by atoms with Gasteiger partial charge in [-0.2, -0.15) is 0 Å². The Morgan fingerprint density at radius 2 is 2.06 bits per heavy atom. The third kappa shape index (κ3) is 1.24. The molecule has 2 aliphatic carbocycles. The number of hydrogen-bond acceptors (Lipinski definition) is 4. The number of fused-ring (bicyclic) bond motifs is 3. The smallest absolute Gasteiger partial charge is 0.312 e. The number of benzene rings is 1. The van der Waals surface area contributed by atoms with Gasteiger partial charge in [0, 0.05) is 5.92 Å². The SMILES string of the molecule is Nc1nnc(C2C3CCc4ccccc4C32)o1. The Hall–Kier alpha value is -1.84. The molecule has 1 aromatic heterocycles. The zero-order valence-corrected chi connectivity index (χ0v) is 9.34. The molecule has 0 aliphatic heterocycles. The third-order valence-corrected chi connectivity index (χ3v) is 4.07. The van der Waals surface area contributed by atoms with Gasteiger partial charge in [-0.05, 0) is 35.8 Å². The van der Waals surface area contributed by atoms with Crippen LogP contribution in [0.3, 0.4) is 0 Å². The van der Waals surface area contributed by atoms with E-state index in [2.05, 4.69) is 34.5 Å². The Labute approximate surface area is 98.8 Å². The number of nitrogens with two attached hydrogens (primary N) is 1. The molecular weight excluding hydrogens is 214 g/mol. The summed E-state index contributed by atoms with van der Waals surface area (Å²) in [4.78, 5) is 0. The summed E-state index contributed by atoms with van der Waals surface area (Å²) in [5, 5.41) is 7.79. The summed E-state index contributed by atoms with van der Waals surface area (Å²) < 4.78 is 5.37. The number of anilines is 1. The van der Waals surface area contributed by atoms with Gasteiger partial charge in [0.15, 0.2) is 0 Å². The number of nitrogen functional groups attached to an aromatic ring is 1. The van der Waals surface area contributed by atoms with E-state index in [9.17, 15) is 0 Å². The molecule has 1 heterocycles. The van der Waals surface area contributed by atoms with Gasteiger partial charge < -0.3 is 10.2 Å². The molecule has 1 aromatic carbocycles. The van der Waals surface area contributed by atoms with Crippen molar-refractivity contribution in [2.24, 2.45) is 5.92 Å². The number of aryl methyl sites for hydroxylation is 1. The normalized spacial score (nSPS) is 29.5. The van der Waals surface area contributed by atoms with Crippen LogP contribution in [-0.4, -0.2) is 10.2 Å². The molecule has 17 heavy (non-hydrogen) atoms. The fraction of sp³-hybridized carbons (Fsp3) is 0.385. The minimum absolute atomic E-state index is 0.178. The molecule has 0 radical (unpaired) electrons. The first-order valence-electron chi connectivity index (χ1n) is 6.01.